The van der Waals surface area contributed by atoms with Gasteiger partial charge in [-0.3, -0.25) is 0 Å². The number of ether oxygens (including phenoxy) is 1. The summed E-state index contributed by atoms with van der Waals surface area (Å²) in [6, 6.07) is 12.3. The lowest BCUT2D eigenvalue weighted by Crippen LogP contribution is -2.02. The molecule has 0 unspecified atom stereocenters. The fourth-order valence-electron chi connectivity index (χ4n) is 1.73. The summed E-state index contributed by atoms with van der Waals surface area (Å²) in [5.74, 6) is -0.233. The van der Waals surface area contributed by atoms with Gasteiger partial charge in [-0.05, 0) is 35.4 Å². The highest BCUT2D eigenvalue weighted by molar-refractivity contribution is 7.12. The number of hydrogen-bond acceptors (Lipinski definition) is 3. The molecule has 0 aliphatic carbocycles. The molecule has 3 heteroatoms. The molecule has 0 saturated carbocycles. The number of carbonyl (C=O) groups excluding carboxylic acids is 1. The number of rotatable bonds is 4. The summed E-state index contributed by atoms with van der Waals surface area (Å²) in [5, 5.41) is 1.94. The molecule has 0 radical (unpaired) electrons. The first kappa shape index (κ1) is 11.9. The summed E-state index contributed by atoms with van der Waals surface area (Å²) in [6.45, 7) is 0. The predicted octanol–water partition coefficient (Wildman–Crippen LogP) is 3.32. The molecule has 0 amide bonds. The van der Waals surface area contributed by atoms with Crippen molar-refractivity contribution >= 4 is 17.3 Å². The highest BCUT2D eigenvalue weighted by atomic mass is 32.1. The molecule has 2 nitrogen and oxygen atoms in total. The quantitative estimate of drug-likeness (QED) is 0.774. The van der Waals surface area contributed by atoms with Crippen molar-refractivity contribution in [2.45, 2.75) is 12.8 Å². The third-order valence-electron chi connectivity index (χ3n) is 2.64. The first-order valence-corrected chi connectivity index (χ1v) is 6.38. The second-order valence-corrected chi connectivity index (χ2v) is 4.67. The lowest BCUT2D eigenvalue weighted by Gasteiger charge is -2.02. The van der Waals surface area contributed by atoms with Crippen LogP contribution in [0.25, 0.3) is 0 Å². The van der Waals surface area contributed by atoms with Crippen LogP contribution in [0.1, 0.15) is 20.8 Å². The largest absolute Gasteiger partial charge is 0.465 e. The molecule has 0 saturated heterocycles. The van der Waals surface area contributed by atoms with Crippen molar-refractivity contribution < 1.29 is 9.53 Å². The van der Waals surface area contributed by atoms with Crippen molar-refractivity contribution in [3.05, 3.63) is 57.8 Å². The SMILES string of the molecule is COC(=O)c1sccc1CCc1ccccc1. The van der Waals surface area contributed by atoms with E-state index in [0.717, 1.165) is 23.3 Å². The molecule has 88 valence electrons. The van der Waals surface area contributed by atoms with E-state index in [0.29, 0.717) is 0 Å². The van der Waals surface area contributed by atoms with Gasteiger partial charge in [0.05, 0.1) is 7.11 Å². The standard InChI is InChI=1S/C14H14O2S/c1-16-14(15)13-12(9-10-17-13)8-7-11-5-3-2-4-6-11/h2-6,9-10H,7-8H2,1H3. The number of aryl methyl sites for hydroxylation is 2. The third-order valence-corrected chi connectivity index (χ3v) is 3.58. The van der Waals surface area contributed by atoms with Gasteiger partial charge >= 0.3 is 5.97 Å². The zero-order chi connectivity index (χ0) is 12.1. The smallest absolute Gasteiger partial charge is 0.348 e. The molecule has 2 rings (SSSR count). The Morgan fingerprint density at radius 2 is 1.94 bits per heavy atom. The Bertz CT molecular complexity index is 488. The van der Waals surface area contributed by atoms with Crippen molar-refractivity contribution in [3.8, 4) is 0 Å². The van der Waals surface area contributed by atoms with Gasteiger partial charge in [0.15, 0.2) is 0 Å². The fraction of sp³-hybridized carbons (Fsp3) is 0.214. The van der Waals surface area contributed by atoms with Crippen LogP contribution in [0, 0.1) is 0 Å². The molecule has 0 spiro atoms. The van der Waals surface area contributed by atoms with Crippen LogP contribution in [0.4, 0.5) is 0 Å². The normalized spacial score (nSPS) is 10.2. The van der Waals surface area contributed by atoms with Crippen LogP contribution in [0.5, 0.6) is 0 Å². The van der Waals surface area contributed by atoms with E-state index in [4.69, 9.17) is 4.74 Å². The number of esters is 1. The van der Waals surface area contributed by atoms with Crippen LogP contribution in [-0.2, 0) is 17.6 Å². The maximum atomic E-state index is 11.5. The summed E-state index contributed by atoms with van der Waals surface area (Å²) in [7, 11) is 1.42. The molecule has 1 aromatic heterocycles. The molecular formula is C14H14O2S. The number of benzene rings is 1. The Labute approximate surface area is 105 Å². The molecule has 0 atom stereocenters. The molecule has 2 aromatic rings. The van der Waals surface area contributed by atoms with E-state index in [1.165, 1.54) is 24.0 Å². The molecule has 0 aliphatic heterocycles. The van der Waals surface area contributed by atoms with Gasteiger partial charge in [0.2, 0.25) is 0 Å². The number of carbonyl (C=O) groups is 1. The molecule has 1 aromatic carbocycles. The highest BCUT2D eigenvalue weighted by Crippen LogP contribution is 2.19. The molecule has 0 fully saturated rings. The minimum atomic E-state index is -0.233. The van der Waals surface area contributed by atoms with Gasteiger partial charge in [-0.15, -0.1) is 11.3 Å². The number of methoxy groups -OCH3 is 1. The number of thiophene rings is 1. The second-order valence-electron chi connectivity index (χ2n) is 3.75. The minimum Gasteiger partial charge on any atom is -0.465 e. The summed E-state index contributed by atoms with van der Waals surface area (Å²) >= 11 is 1.44. The molecule has 17 heavy (non-hydrogen) atoms. The lowest BCUT2D eigenvalue weighted by molar-refractivity contribution is 0.0605. The zero-order valence-electron chi connectivity index (χ0n) is 9.68. The summed E-state index contributed by atoms with van der Waals surface area (Å²) in [5.41, 5.74) is 2.36. The van der Waals surface area contributed by atoms with Crippen molar-refractivity contribution in [1.82, 2.24) is 0 Å². The average Bonchev–Trinajstić information content (AvgIpc) is 2.85. The van der Waals surface area contributed by atoms with Crippen molar-refractivity contribution in [1.29, 1.82) is 0 Å². The van der Waals surface area contributed by atoms with Crippen molar-refractivity contribution in [2.75, 3.05) is 7.11 Å². The summed E-state index contributed by atoms with van der Waals surface area (Å²) in [4.78, 5) is 12.2. The Hall–Kier alpha value is -1.61. The lowest BCUT2D eigenvalue weighted by atomic mass is 10.1. The molecular weight excluding hydrogens is 232 g/mol. The van der Waals surface area contributed by atoms with Crippen LogP contribution >= 0.6 is 11.3 Å². The van der Waals surface area contributed by atoms with E-state index in [-0.39, 0.29) is 5.97 Å². The maximum Gasteiger partial charge on any atom is 0.348 e. The monoisotopic (exact) mass is 246 g/mol. The summed E-state index contributed by atoms with van der Waals surface area (Å²) < 4.78 is 4.76. The minimum absolute atomic E-state index is 0.233. The maximum absolute atomic E-state index is 11.5. The van der Waals surface area contributed by atoms with Gasteiger partial charge in [-0.25, -0.2) is 4.79 Å². The van der Waals surface area contributed by atoms with Gasteiger partial charge in [0.1, 0.15) is 4.88 Å². The van der Waals surface area contributed by atoms with Gasteiger partial charge in [-0.2, -0.15) is 0 Å². The van der Waals surface area contributed by atoms with E-state index < -0.39 is 0 Å². The first-order chi connectivity index (χ1) is 8.31. The molecule has 1 heterocycles. The molecule has 0 aliphatic rings. The fourth-order valence-corrected chi connectivity index (χ4v) is 2.60. The Morgan fingerprint density at radius 3 is 2.65 bits per heavy atom. The van der Waals surface area contributed by atoms with Crippen molar-refractivity contribution in [2.24, 2.45) is 0 Å². The van der Waals surface area contributed by atoms with E-state index >= 15 is 0 Å². The predicted molar refractivity (Wildman–Crippen MR) is 69.5 cm³/mol. The topological polar surface area (TPSA) is 26.3 Å². The Kier molecular flexibility index (Phi) is 3.94. The Balaban J connectivity index is 2.05. The third kappa shape index (κ3) is 2.94. The van der Waals surface area contributed by atoms with E-state index in [9.17, 15) is 4.79 Å². The molecule has 0 N–H and O–H groups in total. The van der Waals surface area contributed by atoms with Gasteiger partial charge in [0.25, 0.3) is 0 Å². The molecule has 0 bridgehead atoms. The average molecular weight is 246 g/mol. The van der Waals surface area contributed by atoms with E-state index in [1.54, 1.807) is 0 Å². The second kappa shape index (κ2) is 5.64. The van der Waals surface area contributed by atoms with Crippen LogP contribution in [0.3, 0.4) is 0 Å². The van der Waals surface area contributed by atoms with Crippen LogP contribution in [0.15, 0.2) is 41.8 Å². The van der Waals surface area contributed by atoms with Gasteiger partial charge in [-0.1, -0.05) is 30.3 Å². The van der Waals surface area contributed by atoms with Crippen molar-refractivity contribution in [3.63, 3.8) is 0 Å². The first-order valence-electron chi connectivity index (χ1n) is 5.50. The summed E-state index contributed by atoms with van der Waals surface area (Å²) in [6.07, 6.45) is 1.82. The van der Waals surface area contributed by atoms with Crippen LogP contribution < -0.4 is 0 Å². The Morgan fingerprint density at radius 1 is 1.18 bits per heavy atom. The number of hydrogen-bond donors (Lipinski definition) is 0. The van der Waals surface area contributed by atoms with E-state index in [2.05, 4.69) is 12.1 Å². The van der Waals surface area contributed by atoms with E-state index in [1.807, 2.05) is 29.6 Å². The van der Waals surface area contributed by atoms with Crippen LogP contribution in [-0.4, -0.2) is 13.1 Å². The van der Waals surface area contributed by atoms with Crippen LogP contribution in [0.2, 0.25) is 0 Å². The zero-order valence-corrected chi connectivity index (χ0v) is 10.5. The highest BCUT2D eigenvalue weighted by Gasteiger charge is 2.12. The van der Waals surface area contributed by atoms with Gasteiger partial charge in [0, 0.05) is 0 Å². The van der Waals surface area contributed by atoms with Gasteiger partial charge < -0.3 is 4.74 Å².